The minimum atomic E-state index is -0.938. The Balaban J connectivity index is 3.02. The van der Waals surface area contributed by atoms with Crippen molar-refractivity contribution in [3.63, 3.8) is 0 Å². The second-order valence-corrected chi connectivity index (χ2v) is 31.2. The molecular weight excluding hydrogens is 184 g/mol. The van der Waals surface area contributed by atoms with Crippen molar-refractivity contribution in [1.29, 1.82) is 0 Å². The van der Waals surface area contributed by atoms with Gasteiger partial charge in [0.1, 0.15) is 0 Å². The fourth-order valence-electron chi connectivity index (χ4n) is 0. The zero-order valence-corrected chi connectivity index (χ0v) is 8.60. The van der Waals surface area contributed by atoms with Gasteiger partial charge in [-0.1, -0.05) is 0 Å². The minimum absolute atomic E-state index is 0.938. The van der Waals surface area contributed by atoms with Gasteiger partial charge in [0, 0.05) is 0 Å². The van der Waals surface area contributed by atoms with Gasteiger partial charge >= 0.3 is 43.4 Å². The molecule has 0 aliphatic rings. The van der Waals surface area contributed by atoms with E-state index in [2.05, 4.69) is 17.3 Å². The molecule has 0 fully saturated rings. The molecule has 5 heavy (non-hydrogen) atoms. The van der Waals surface area contributed by atoms with Crippen molar-refractivity contribution in [3.8, 4) is 0 Å². The van der Waals surface area contributed by atoms with E-state index in [9.17, 15) is 0 Å². The molecule has 0 aliphatic heterocycles. The summed E-state index contributed by atoms with van der Waals surface area (Å²) >= 11 is 1.04. The summed E-state index contributed by atoms with van der Waals surface area (Å²) in [5.74, 6) is 7.21. The summed E-state index contributed by atoms with van der Waals surface area (Å²) in [6, 6.07) is 0. The van der Waals surface area contributed by atoms with E-state index in [4.69, 9.17) is 0 Å². The van der Waals surface area contributed by atoms with Gasteiger partial charge in [-0.05, 0) is 0 Å². The molecule has 0 aliphatic carbocycles. The van der Waals surface area contributed by atoms with E-state index in [1.54, 1.807) is 0 Å². The molecule has 0 amide bonds. The third-order valence-corrected chi connectivity index (χ3v) is 0. The van der Waals surface area contributed by atoms with Crippen LogP contribution >= 0.6 is 0 Å². The average molecular weight is 195 g/mol. The van der Waals surface area contributed by atoms with Crippen LogP contribution in [0.4, 0.5) is 0 Å². The normalized spacial score (nSPS) is 12.0. The molecule has 0 spiro atoms. The van der Waals surface area contributed by atoms with Crippen molar-refractivity contribution in [1.82, 2.24) is 0 Å². The summed E-state index contributed by atoms with van der Waals surface area (Å²) in [6.07, 6.45) is 0. The van der Waals surface area contributed by atoms with Gasteiger partial charge < -0.3 is 0 Å². The zero-order chi connectivity index (χ0) is 4.50. The molecule has 32 valence electrons. The van der Waals surface area contributed by atoms with E-state index in [1.807, 2.05) is 14.9 Å². The van der Waals surface area contributed by atoms with Crippen LogP contribution in [0.25, 0.3) is 0 Å². The Kier molecular flexibility index (Phi) is 2.08. The van der Waals surface area contributed by atoms with Gasteiger partial charge in [0.15, 0.2) is 0 Å². The second-order valence-electron chi connectivity index (χ2n) is 2.37. The van der Waals surface area contributed by atoms with Crippen LogP contribution in [0.3, 0.4) is 0 Å². The Morgan fingerprint density at radius 3 is 1.20 bits per heavy atom. The first-order valence-electron chi connectivity index (χ1n) is 1.79. The molecule has 0 aromatic heterocycles. The summed E-state index contributed by atoms with van der Waals surface area (Å²) in [7, 11) is 0. The summed E-state index contributed by atoms with van der Waals surface area (Å²) in [5, 5.41) is 0. The third kappa shape index (κ3) is 40.5. The number of rotatable bonds is 0. The van der Waals surface area contributed by atoms with Crippen molar-refractivity contribution < 1.29 is 0 Å². The molecule has 2 heteroatoms. The Morgan fingerprint density at radius 1 is 1.20 bits per heavy atom. The van der Waals surface area contributed by atoms with Crippen molar-refractivity contribution in [2.24, 2.45) is 0 Å². The molecule has 0 radical (unpaired) electrons. The Hall–Kier alpha value is 1.10. The molecule has 0 N–H and O–H groups in total. The topological polar surface area (TPSA) is 0 Å². The molecule has 0 aromatic rings. The summed E-state index contributed by atoms with van der Waals surface area (Å²) in [5.41, 5.74) is 0. The second kappa shape index (κ2) is 1.70. The van der Waals surface area contributed by atoms with E-state index in [0.29, 0.717) is 0 Å². The SMILES string of the molecule is [CH3][Ge]([CH3])([CH3])[AsH2]. The van der Waals surface area contributed by atoms with Crippen LogP contribution in [0.2, 0.25) is 17.3 Å². The maximum atomic E-state index is 2.40. The standard InChI is InChI=1S/C3H11AsGe/c1-5(2,3)4/h4H2,1-3H3. The van der Waals surface area contributed by atoms with Crippen molar-refractivity contribution in [3.05, 3.63) is 0 Å². The quantitative estimate of drug-likeness (QED) is 0.492. The first-order valence-corrected chi connectivity index (χ1v) is 15.6. The Morgan fingerprint density at radius 2 is 1.20 bits per heavy atom. The van der Waals surface area contributed by atoms with Crippen LogP contribution in [-0.2, 0) is 0 Å². The average Bonchev–Trinajstić information content (AvgIpc) is 0.722. The van der Waals surface area contributed by atoms with Gasteiger partial charge in [0.05, 0.1) is 0 Å². The predicted molar refractivity (Wildman–Crippen MR) is 31.9 cm³/mol. The molecule has 1 atom stereocenters. The van der Waals surface area contributed by atoms with E-state index < -0.39 is 11.2 Å². The predicted octanol–water partition coefficient (Wildman–Crippen LogP) is 0.454. The summed E-state index contributed by atoms with van der Waals surface area (Å²) < 4.78 is 0. The molecule has 0 saturated carbocycles. The van der Waals surface area contributed by atoms with Crippen LogP contribution < -0.4 is 0 Å². The third-order valence-electron chi connectivity index (χ3n) is 0. The van der Waals surface area contributed by atoms with Crippen LogP contribution in [0.1, 0.15) is 0 Å². The first kappa shape index (κ1) is 6.10. The molecule has 0 heterocycles. The monoisotopic (exact) mass is 196 g/mol. The summed E-state index contributed by atoms with van der Waals surface area (Å²) in [4.78, 5) is 0. The molecule has 0 bridgehead atoms. The summed E-state index contributed by atoms with van der Waals surface area (Å²) in [6.45, 7) is 0. The van der Waals surface area contributed by atoms with Crippen molar-refractivity contribution in [2.75, 3.05) is 0 Å². The Labute approximate surface area is 43.5 Å². The van der Waals surface area contributed by atoms with E-state index in [0.717, 1.165) is 0 Å². The van der Waals surface area contributed by atoms with E-state index >= 15 is 0 Å². The molecule has 0 aromatic carbocycles. The molecular formula is C3H11AsGe. The van der Waals surface area contributed by atoms with Gasteiger partial charge in [-0.2, -0.15) is 0 Å². The van der Waals surface area contributed by atoms with E-state index in [1.165, 1.54) is 0 Å². The van der Waals surface area contributed by atoms with E-state index in [-0.39, 0.29) is 0 Å². The molecule has 0 saturated heterocycles. The van der Waals surface area contributed by atoms with Gasteiger partial charge in [0.25, 0.3) is 0 Å². The van der Waals surface area contributed by atoms with Gasteiger partial charge in [-0.25, -0.2) is 0 Å². The van der Waals surface area contributed by atoms with Crippen LogP contribution in [-0.4, -0.2) is 26.1 Å². The molecule has 0 rings (SSSR count). The fourth-order valence-corrected chi connectivity index (χ4v) is 0. The zero-order valence-electron chi connectivity index (χ0n) is 4.08. The van der Waals surface area contributed by atoms with Crippen molar-refractivity contribution in [2.45, 2.75) is 17.3 Å². The van der Waals surface area contributed by atoms with Crippen molar-refractivity contribution >= 4 is 26.1 Å². The van der Waals surface area contributed by atoms with Crippen LogP contribution in [0.5, 0.6) is 0 Å². The van der Waals surface area contributed by atoms with Crippen LogP contribution in [0.15, 0.2) is 0 Å². The number of hydrogen-bond donors (Lipinski definition) is 0. The van der Waals surface area contributed by atoms with Crippen LogP contribution in [0, 0.1) is 0 Å². The maximum absolute atomic E-state index is 2.40. The van der Waals surface area contributed by atoms with Gasteiger partial charge in [-0.15, -0.1) is 0 Å². The fraction of sp³-hybridized carbons (Fsp3) is 1.00. The van der Waals surface area contributed by atoms with Gasteiger partial charge in [-0.3, -0.25) is 0 Å². The molecule has 0 nitrogen and oxygen atoms in total. The Bertz CT molecular complexity index is 22.4. The first-order chi connectivity index (χ1) is 2.00. The van der Waals surface area contributed by atoms with Gasteiger partial charge in [0.2, 0.25) is 0 Å². The molecule has 1 unspecified atom stereocenters. The number of hydrogen-bond acceptors (Lipinski definition) is 0.